The minimum absolute atomic E-state index is 0.0774. The van der Waals surface area contributed by atoms with Gasteiger partial charge in [0.1, 0.15) is 23.4 Å². The van der Waals surface area contributed by atoms with Crippen LogP contribution in [0.15, 0.2) is 42.5 Å². The van der Waals surface area contributed by atoms with Crippen molar-refractivity contribution >= 4 is 17.3 Å². The largest absolute Gasteiger partial charge is 0.494 e. The summed E-state index contributed by atoms with van der Waals surface area (Å²) in [4.78, 5) is 14.7. The SMILES string of the molecule is CCOc1ccc(F)c(N2CCC(Oc3ccc(N4C[C@H](C(F)(F)F)C[C@@H]4CC(=O)O)cc3)CC2)c1. The first-order chi connectivity index (χ1) is 17.1. The van der Waals surface area contributed by atoms with Crippen molar-refractivity contribution in [2.75, 3.05) is 36.0 Å². The van der Waals surface area contributed by atoms with Gasteiger partial charge < -0.3 is 24.4 Å². The lowest BCUT2D eigenvalue weighted by Gasteiger charge is -2.34. The van der Waals surface area contributed by atoms with Gasteiger partial charge in [0.2, 0.25) is 0 Å². The quantitative estimate of drug-likeness (QED) is 0.473. The summed E-state index contributed by atoms with van der Waals surface area (Å²) in [5.74, 6) is -1.77. The third-order valence-electron chi connectivity index (χ3n) is 6.77. The second-order valence-electron chi connectivity index (χ2n) is 9.22. The molecule has 0 unspecified atom stereocenters. The topological polar surface area (TPSA) is 62.2 Å². The van der Waals surface area contributed by atoms with Gasteiger partial charge in [-0.3, -0.25) is 4.79 Å². The second-order valence-corrected chi connectivity index (χ2v) is 9.22. The molecule has 4 rings (SSSR count). The van der Waals surface area contributed by atoms with Gasteiger partial charge in [-0.2, -0.15) is 13.2 Å². The Hall–Kier alpha value is -3.17. The average molecular weight is 511 g/mol. The Balaban J connectivity index is 1.35. The van der Waals surface area contributed by atoms with Gasteiger partial charge in [0, 0.05) is 50.3 Å². The van der Waals surface area contributed by atoms with E-state index in [1.807, 2.05) is 11.8 Å². The minimum atomic E-state index is -4.36. The maximum Gasteiger partial charge on any atom is 0.393 e. The van der Waals surface area contributed by atoms with E-state index < -0.39 is 24.1 Å². The zero-order valence-electron chi connectivity index (χ0n) is 20.0. The van der Waals surface area contributed by atoms with Crippen LogP contribution in [0.5, 0.6) is 11.5 Å². The van der Waals surface area contributed by atoms with Gasteiger partial charge in [-0.25, -0.2) is 4.39 Å². The summed E-state index contributed by atoms with van der Waals surface area (Å²) >= 11 is 0. The van der Waals surface area contributed by atoms with Crippen LogP contribution in [0.2, 0.25) is 0 Å². The zero-order valence-corrected chi connectivity index (χ0v) is 20.0. The molecule has 196 valence electrons. The van der Waals surface area contributed by atoms with E-state index in [0.29, 0.717) is 55.4 Å². The Bertz CT molecular complexity index is 1040. The fraction of sp³-hybridized carbons (Fsp3) is 0.500. The van der Waals surface area contributed by atoms with Crippen LogP contribution in [-0.4, -0.2) is 55.6 Å². The Morgan fingerprint density at radius 3 is 2.36 bits per heavy atom. The Labute approximate surface area is 207 Å². The predicted octanol–water partition coefficient (Wildman–Crippen LogP) is 5.50. The molecule has 0 radical (unpaired) electrons. The number of aliphatic carboxylic acids is 1. The number of ether oxygens (including phenoxy) is 2. The molecule has 6 nitrogen and oxygen atoms in total. The fourth-order valence-electron chi connectivity index (χ4n) is 4.98. The summed E-state index contributed by atoms with van der Waals surface area (Å²) in [6.07, 6.45) is -3.67. The highest BCUT2D eigenvalue weighted by molar-refractivity contribution is 5.69. The van der Waals surface area contributed by atoms with Crippen LogP contribution >= 0.6 is 0 Å². The molecule has 0 aliphatic carbocycles. The lowest BCUT2D eigenvalue weighted by molar-refractivity contribution is -0.169. The van der Waals surface area contributed by atoms with Gasteiger partial charge in [0.15, 0.2) is 0 Å². The molecule has 1 N–H and O–H groups in total. The smallest absolute Gasteiger partial charge is 0.393 e. The molecule has 10 heteroatoms. The number of hydrogen-bond donors (Lipinski definition) is 1. The van der Waals surface area contributed by atoms with E-state index in [-0.39, 0.29) is 31.3 Å². The van der Waals surface area contributed by atoms with Crippen LogP contribution < -0.4 is 19.3 Å². The highest BCUT2D eigenvalue weighted by Gasteiger charge is 2.47. The molecule has 36 heavy (non-hydrogen) atoms. The van der Waals surface area contributed by atoms with Crippen LogP contribution in [0.4, 0.5) is 28.9 Å². The van der Waals surface area contributed by atoms with E-state index in [1.54, 1.807) is 36.4 Å². The number of carboxylic acid groups (broad SMARTS) is 1. The third kappa shape index (κ3) is 6.14. The molecule has 0 spiro atoms. The van der Waals surface area contributed by atoms with Gasteiger partial charge in [-0.15, -0.1) is 0 Å². The third-order valence-corrected chi connectivity index (χ3v) is 6.77. The minimum Gasteiger partial charge on any atom is -0.494 e. The molecule has 2 aliphatic rings. The average Bonchev–Trinajstić information content (AvgIpc) is 3.25. The number of nitrogens with zero attached hydrogens (tertiary/aromatic N) is 2. The maximum absolute atomic E-state index is 14.4. The molecule has 0 aromatic heterocycles. The maximum atomic E-state index is 14.4. The van der Waals surface area contributed by atoms with Crippen LogP contribution in [0.1, 0.15) is 32.6 Å². The summed E-state index contributed by atoms with van der Waals surface area (Å²) in [5, 5.41) is 9.14. The first kappa shape index (κ1) is 25.9. The molecule has 2 saturated heterocycles. The summed E-state index contributed by atoms with van der Waals surface area (Å²) in [6, 6.07) is 10.8. The summed E-state index contributed by atoms with van der Waals surface area (Å²) in [7, 11) is 0. The number of carbonyl (C=O) groups is 1. The number of piperidine rings is 1. The van der Waals surface area contributed by atoms with Gasteiger partial charge in [0.05, 0.1) is 24.6 Å². The first-order valence-corrected chi connectivity index (χ1v) is 12.1. The monoisotopic (exact) mass is 510 g/mol. The Morgan fingerprint density at radius 1 is 1.08 bits per heavy atom. The van der Waals surface area contributed by atoms with Crippen molar-refractivity contribution in [2.24, 2.45) is 5.92 Å². The van der Waals surface area contributed by atoms with Crippen molar-refractivity contribution in [3.8, 4) is 11.5 Å². The molecule has 2 aromatic rings. The number of benzene rings is 2. The van der Waals surface area contributed by atoms with Crippen molar-refractivity contribution in [2.45, 2.75) is 50.9 Å². The van der Waals surface area contributed by atoms with Crippen LogP contribution in [0.3, 0.4) is 0 Å². The summed E-state index contributed by atoms with van der Waals surface area (Å²) in [6.45, 7) is 3.33. The van der Waals surface area contributed by atoms with E-state index in [2.05, 4.69) is 0 Å². The van der Waals surface area contributed by atoms with E-state index in [1.165, 1.54) is 11.0 Å². The number of anilines is 2. The molecule has 2 aromatic carbocycles. The van der Waals surface area contributed by atoms with E-state index in [9.17, 15) is 22.4 Å². The molecule has 0 bridgehead atoms. The van der Waals surface area contributed by atoms with Crippen molar-refractivity contribution in [1.29, 1.82) is 0 Å². The van der Waals surface area contributed by atoms with E-state index >= 15 is 0 Å². The van der Waals surface area contributed by atoms with Gasteiger partial charge in [0.25, 0.3) is 0 Å². The predicted molar refractivity (Wildman–Crippen MR) is 127 cm³/mol. The molecule has 0 amide bonds. The van der Waals surface area contributed by atoms with E-state index in [4.69, 9.17) is 14.6 Å². The first-order valence-electron chi connectivity index (χ1n) is 12.1. The number of hydrogen-bond acceptors (Lipinski definition) is 5. The molecule has 2 fully saturated rings. The molecular weight excluding hydrogens is 480 g/mol. The number of carboxylic acids is 1. The molecule has 2 aliphatic heterocycles. The van der Waals surface area contributed by atoms with Gasteiger partial charge in [-0.05, 0) is 49.7 Å². The van der Waals surface area contributed by atoms with Gasteiger partial charge in [-0.1, -0.05) is 0 Å². The number of halogens is 4. The Kier molecular flexibility index (Phi) is 7.80. The summed E-state index contributed by atoms with van der Waals surface area (Å²) in [5.41, 5.74) is 1.04. The highest BCUT2D eigenvalue weighted by atomic mass is 19.4. The van der Waals surface area contributed by atoms with Gasteiger partial charge >= 0.3 is 12.1 Å². The lowest BCUT2D eigenvalue weighted by Crippen LogP contribution is -2.38. The molecule has 0 saturated carbocycles. The van der Waals surface area contributed by atoms with E-state index in [0.717, 1.165) is 0 Å². The fourth-order valence-corrected chi connectivity index (χ4v) is 4.98. The van der Waals surface area contributed by atoms with Crippen LogP contribution in [0, 0.1) is 11.7 Å². The lowest BCUT2D eigenvalue weighted by atomic mass is 10.0. The van der Waals surface area contributed by atoms with Crippen molar-refractivity contribution in [3.63, 3.8) is 0 Å². The highest BCUT2D eigenvalue weighted by Crippen LogP contribution is 2.40. The Morgan fingerprint density at radius 2 is 1.75 bits per heavy atom. The number of rotatable bonds is 8. The van der Waals surface area contributed by atoms with Crippen molar-refractivity contribution in [3.05, 3.63) is 48.3 Å². The van der Waals surface area contributed by atoms with Crippen molar-refractivity contribution < 1.29 is 36.9 Å². The summed E-state index contributed by atoms with van der Waals surface area (Å²) < 4.78 is 65.7. The normalized spacial score (nSPS) is 21.0. The molecule has 2 heterocycles. The number of alkyl halides is 3. The van der Waals surface area contributed by atoms with Crippen LogP contribution in [-0.2, 0) is 4.79 Å². The standard InChI is InChI=1S/C26H30F4N2O4/c1-2-35-22-7-8-23(27)24(15-22)31-11-9-21(10-12-31)36-20-5-3-18(4-6-20)32-16-17(26(28,29)30)13-19(32)14-25(33)34/h3-8,15,17,19,21H,2,9-14,16H2,1H3,(H,33,34)/t17-,19-/m1/s1. The molecular formula is C26H30F4N2O4. The zero-order chi connectivity index (χ0) is 25.9. The second kappa shape index (κ2) is 10.8. The van der Waals surface area contributed by atoms with Crippen molar-refractivity contribution in [1.82, 2.24) is 0 Å². The van der Waals surface area contributed by atoms with Crippen LogP contribution in [0.25, 0.3) is 0 Å². The molecule has 2 atom stereocenters.